The molecular weight excluding hydrogens is 971 g/mol. The fraction of sp³-hybridized carbons (Fsp3) is 0.788. The van der Waals surface area contributed by atoms with Crippen molar-refractivity contribution in [2.45, 2.75) is 183 Å². The number of likely N-dealkylation sites (N-methyl/N-ethyl adjacent to an activating group) is 6. The first kappa shape index (κ1) is 67.1. The largest absolute Gasteiger partial charge is 0.391 e. The van der Waals surface area contributed by atoms with Gasteiger partial charge in [-0.05, 0) is 76.0 Å². The highest BCUT2D eigenvalue weighted by molar-refractivity contribution is 5.99. The molecule has 23 heteroatoms. The second-order valence-corrected chi connectivity index (χ2v) is 22.2. The predicted molar refractivity (Wildman–Crippen MR) is 283 cm³/mol. The molecule has 6 N–H and O–H groups in total. The topological polar surface area (TPSA) is 288 Å². The van der Waals surface area contributed by atoms with Crippen LogP contribution in [0.1, 0.15) is 123 Å². The summed E-state index contributed by atoms with van der Waals surface area (Å²) in [6, 6.07) is -11.0. The second-order valence-electron chi connectivity index (χ2n) is 22.2. The number of amides is 11. The molecule has 0 unspecified atom stereocenters. The number of hydrogen-bond acceptors (Lipinski definition) is 12. The molecule has 0 aromatic heterocycles. The standard InChI is InChI=1S/C52H93N11O12/c1-21-35-50(73)58(15)26-40(66)59(16)37(23-28(4)5)47(70)57-41(30(8)9)51(74)61(18)38(24-29(6)7)46(69)54-32(12)44(67)55-33(13)49(72)60(17)36(22-27(2)3)45(68)53-25-39(65)62(19)42(31(10)11)52(75)63(20)43(34(14)64)48(71)56-35/h27-38,41-43,64H,21-26H2,1-20H3,(H,53,68)(H,54,69)(H,55,67)(H,56,71)(H,57,70)/t32-,33+,34+,35-,36-,37-,38-,41-,42-,43-/m0/s1. The molecule has 75 heavy (non-hydrogen) atoms. The van der Waals surface area contributed by atoms with E-state index in [1.165, 1.54) is 72.9 Å². The van der Waals surface area contributed by atoms with Crippen molar-refractivity contribution in [1.82, 2.24) is 56.0 Å². The summed E-state index contributed by atoms with van der Waals surface area (Å²) in [4.78, 5) is 161. The lowest BCUT2D eigenvalue weighted by atomic mass is 9.97. The van der Waals surface area contributed by atoms with Crippen molar-refractivity contribution < 1.29 is 57.8 Å². The van der Waals surface area contributed by atoms with E-state index in [0.29, 0.717) is 0 Å². The Bertz CT molecular complexity index is 2030. The maximum Gasteiger partial charge on any atom is 0.246 e. The molecule has 0 bridgehead atoms. The van der Waals surface area contributed by atoms with Crippen LogP contribution in [-0.4, -0.2) is 215 Å². The van der Waals surface area contributed by atoms with E-state index in [9.17, 15) is 57.8 Å². The molecule has 10 atom stereocenters. The van der Waals surface area contributed by atoms with Gasteiger partial charge in [0.05, 0.1) is 19.2 Å². The van der Waals surface area contributed by atoms with Gasteiger partial charge in [-0.3, -0.25) is 52.7 Å². The van der Waals surface area contributed by atoms with Crippen LogP contribution in [0.25, 0.3) is 0 Å². The zero-order valence-corrected chi connectivity index (χ0v) is 48.5. The summed E-state index contributed by atoms with van der Waals surface area (Å²) < 4.78 is 0. The van der Waals surface area contributed by atoms with E-state index in [4.69, 9.17) is 0 Å². The molecule has 1 aliphatic heterocycles. The molecule has 0 radical (unpaired) electrons. The predicted octanol–water partition coefficient (Wildman–Crippen LogP) is -0.0703. The van der Waals surface area contributed by atoms with Crippen molar-refractivity contribution in [1.29, 1.82) is 0 Å². The number of carbonyl (C=O) groups is 11. The average Bonchev–Trinajstić information content (AvgIpc) is 3.31. The molecule has 1 fully saturated rings. The Morgan fingerprint density at radius 2 is 0.920 bits per heavy atom. The first-order chi connectivity index (χ1) is 34.5. The van der Waals surface area contributed by atoms with Gasteiger partial charge in [0, 0.05) is 42.3 Å². The minimum absolute atomic E-state index is 0.0346. The molecule has 1 heterocycles. The number of aliphatic hydroxyl groups is 1. The van der Waals surface area contributed by atoms with Crippen molar-refractivity contribution in [3.05, 3.63) is 0 Å². The summed E-state index contributed by atoms with van der Waals surface area (Å²) in [6.07, 6.45) is -0.959. The lowest BCUT2D eigenvalue weighted by molar-refractivity contribution is -0.152. The number of nitrogens with one attached hydrogen (secondary N) is 5. The van der Waals surface area contributed by atoms with Crippen LogP contribution < -0.4 is 26.6 Å². The molecule has 1 rings (SSSR count). The van der Waals surface area contributed by atoms with Gasteiger partial charge in [0.25, 0.3) is 0 Å². The fourth-order valence-electron chi connectivity index (χ4n) is 8.98. The van der Waals surface area contributed by atoms with Gasteiger partial charge in [0.1, 0.15) is 54.4 Å². The number of carbonyl (C=O) groups excluding carboxylic acids is 11. The van der Waals surface area contributed by atoms with E-state index in [0.717, 1.165) is 19.6 Å². The van der Waals surface area contributed by atoms with E-state index in [1.54, 1.807) is 34.6 Å². The third-order valence-electron chi connectivity index (χ3n) is 13.6. The lowest BCUT2D eigenvalue weighted by Crippen LogP contribution is -2.61. The van der Waals surface area contributed by atoms with E-state index >= 15 is 0 Å². The molecule has 428 valence electrons. The Morgan fingerprint density at radius 1 is 0.467 bits per heavy atom. The molecule has 0 spiro atoms. The summed E-state index contributed by atoms with van der Waals surface area (Å²) in [5.41, 5.74) is 0. The monoisotopic (exact) mass is 1060 g/mol. The van der Waals surface area contributed by atoms with E-state index in [-0.39, 0.29) is 43.4 Å². The van der Waals surface area contributed by atoms with Gasteiger partial charge in [-0.25, -0.2) is 0 Å². The number of nitrogens with zero attached hydrogens (tertiary/aromatic N) is 6. The second kappa shape index (κ2) is 30.0. The van der Waals surface area contributed by atoms with Crippen LogP contribution in [-0.2, 0) is 52.7 Å². The highest BCUT2D eigenvalue weighted by Gasteiger charge is 2.42. The zero-order valence-electron chi connectivity index (χ0n) is 48.5. The van der Waals surface area contributed by atoms with E-state index < -0.39 is 150 Å². The Morgan fingerprint density at radius 3 is 1.37 bits per heavy atom. The molecule has 0 saturated carbocycles. The molecule has 0 aliphatic carbocycles. The number of rotatable bonds is 10. The maximum absolute atomic E-state index is 14.4. The molecule has 0 aromatic rings. The van der Waals surface area contributed by atoms with Crippen LogP contribution in [0.15, 0.2) is 0 Å². The highest BCUT2D eigenvalue weighted by Crippen LogP contribution is 2.20. The first-order valence-corrected chi connectivity index (χ1v) is 26.3. The summed E-state index contributed by atoms with van der Waals surface area (Å²) in [5.74, 6) is -9.12. The maximum atomic E-state index is 14.4. The Labute approximate surface area is 445 Å². The van der Waals surface area contributed by atoms with Crippen LogP contribution in [0.3, 0.4) is 0 Å². The van der Waals surface area contributed by atoms with Crippen molar-refractivity contribution in [3.8, 4) is 0 Å². The fourth-order valence-corrected chi connectivity index (χ4v) is 8.98. The first-order valence-electron chi connectivity index (χ1n) is 26.3. The molecular formula is C52H93N11O12. The van der Waals surface area contributed by atoms with Gasteiger partial charge in [0.15, 0.2) is 0 Å². The molecule has 11 amide bonds. The van der Waals surface area contributed by atoms with Gasteiger partial charge < -0.3 is 61.1 Å². The van der Waals surface area contributed by atoms with Gasteiger partial charge >= 0.3 is 0 Å². The highest BCUT2D eigenvalue weighted by atomic mass is 16.3. The van der Waals surface area contributed by atoms with Crippen molar-refractivity contribution >= 4 is 65.0 Å². The third-order valence-corrected chi connectivity index (χ3v) is 13.6. The van der Waals surface area contributed by atoms with Crippen molar-refractivity contribution in [3.63, 3.8) is 0 Å². The van der Waals surface area contributed by atoms with Gasteiger partial charge in [0.2, 0.25) is 65.0 Å². The minimum Gasteiger partial charge on any atom is -0.391 e. The van der Waals surface area contributed by atoms with Crippen molar-refractivity contribution in [2.24, 2.45) is 29.6 Å². The van der Waals surface area contributed by atoms with E-state index in [2.05, 4.69) is 26.6 Å². The Balaban J connectivity index is 3.97. The summed E-state index contributed by atoms with van der Waals surface area (Å²) >= 11 is 0. The van der Waals surface area contributed by atoms with Crippen LogP contribution in [0.4, 0.5) is 0 Å². The zero-order chi connectivity index (χ0) is 58.3. The molecule has 1 aliphatic rings. The smallest absolute Gasteiger partial charge is 0.246 e. The van der Waals surface area contributed by atoms with Crippen LogP contribution in [0, 0.1) is 29.6 Å². The summed E-state index contributed by atoms with van der Waals surface area (Å²) in [7, 11) is 8.20. The Hall–Kier alpha value is -5.87. The van der Waals surface area contributed by atoms with Crippen LogP contribution in [0.5, 0.6) is 0 Å². The van der Waals surface area contributed by atoms with Gasteiger partial charge in [-0.15, -0.1) is 0 Å². The van der Waals surface area contributed by atoms with Gasteiger partial charge in [-0.2, -0.15) is 0 Å². The molecule has 1 saturated heterocycles. The van der Waals surface area contributed by atoms with Gasteiger partial charge in [-0.1, -0.05) is 76.2 Å². The summed E-state index contributed by atoms with van der Waals surface area (Å²) in [6.45, 7) is 22.5. The number of aliphatic hydroxyl groups excluding tert-OH is 1. The lowest BCUT2D eigenvalue weighted by Gasteiger charge is -2.37. The average molecular weight is 1060 g/mol. The molecule has 0 aromatic carbocycles. The summed E-state index contributed by atoms with van der Waals surface area (Å²) in [5, 5.41) is 24.3. The Kier molecular flexibility index (Phi) is 26.9. The SMILES string of the molecule is CC[C@@H]1NC(=O)[C@H]([C@@H](C)O)N(C)C(=O)[C@H](C(C)C)N(C)C(=O)CNC(=O)[C@H](CC(C)C)N(C)C(=O)[C@@H](C)NC(=O)[C@H](C)NC(=O)[C@H](CC(C)C)N(C)C(=O)[C@H](C(C)C)NC(=O)[C@H](CC(C)C)N(C)C(=O)CN(C)C1=O. The quantitative estimate of drug-likeness (QED) is 0.168. The van der Waals surface area contributed by atoms with Crippen molar-refractivity contribution in [2.75, 3.05) is 55.4 Å². The van der Waals surface area contributed by atoms with Crippen LogP contribution >= 0.6 is 0 Å². The third kappa shape index (κ3) is 19.0. The molecule has 23 nitrogen and oxygen atoms in total. The normalized spacial score (nSPS) is 27.1. The van der Waals surface area contributed by atoms with Crippen LogP contribution in [0.2, 0.25) is 0 Å². The minimum atomic E-state index is -1.56. The number of hydrogen-bond donors (Lipinski definition) is 6. The van der Waals surface area contributed by atoms with E-state index in [1.807, 2.05) is 41.5 Å².